The maximum absolute atomic E-state index is 6.16. The smallest absolute Gasteiger partial charge is 0.231 e. The first-order chi connectivity index (χ1) is 14.3. The second-order valence-corrected chi connectivity index (χ2v) is 7.65. The summed E-state index contributed by atoms with van der Waals surface area (Å²) >= 11 is 0. The Labute approximate surface area is 168 Å². The van der Waals surface area contributed by atoms with E-state index in [9.17, 15) is 0 Å². The molecule has 4 heterocycles. The van der Waals surface area contributed by atoms with Crippen LogP contribution in [-0.2, 0) is 12.0 Å². The van der Waals surface area contributed by atoms with Crippen molar-refractivity contribution in [3.05, 3.63) is 71.4 Å². The molecule has 0 saturated carbocycles. The zero-order valence-corrected chi connectivity index (χ0v) is 16.1. The van der Waals surface area contributed by atoms with E-state index in [1.165, 1.54) is 16.8 Å². The molecule has 29 heavy (non-hydrogen) atoms. The van der Waals surface area contributed by atoms with Crippen molar-refractivity contribution < 1.29 is 18.9 Å². The highest BCUT2D eigenvalue weighted by molar-refractivity contribution is 5.70. The summed E-state index contributed by atoms with van der Waals surface area (Å²) in [5.74, 6) is 3.07. The van der Waals surface area contributed by atoms with Crippen molar-refractivity contribution in [3.63, 3.8) is 0 Å². The van der Waals surface area contributed by atoms with Crippen LogP contribution in [-0.4, -0.2) is 32.0 Å². The molecule has 0 bridgehead atoms. The zero-order chi connectivity index (χ0) is 19.4. The van der Waals surface area contributed by atoms with Crippen molar-refractivity contribution >= 4 is 5.69 Å². The average Bonchev–Trinajstić information content (AvgIpc) is 3.45. The van der Waals surface area contributed by atoms with Gasteiger partial charge in [0.05, 0.1) is 12.5 Å². The van der Waals surface area contributed by atoms with Crippen molar-refractivity contribution in [2.24, 2.45) is 0 Å². The Kier molecular flexibility index (Phi) is 3.45. The van der Waals surface area contributed by atoms with E-state index in [0.717, 1.165) is 35.9 Å². The largest absolute Gasteiger partial charge is 0.492 e. The first-order valence-corrected chi connectivity index (χ1v) is 9.67. The Balaban J connectivity index is 1.41. The number of aromatic nitrogens is 1. The summed E-state index contributed by atoms with van der Waals surface area (Å²) in [5, 5.41) is 0. The van der Waals surface area contributed by atoms with E-state index in [2.05, 4.69) is 46.3 Å². The van der Waals surface area contributed by atoms with E-state index in [-0.39, 0.29) is 12.2 Å². The van der Waals surface area contributed by atoms with Crippen LogP contribution in [0.1, 0.15) is 16.7 Å². The Morgan fingerprint density at radius 2 is 1.86 bits per heavy atom. The van der Waals surface area contributed by atoms with Crippen molar-refractivity contribution in [2.45, 2.75) is 12.0 Å². The Morgan fingerprint density at radius 3 is 2.69 bits per heavy atom. The van der Waals surface area contributed by atoms with Gasteiger partial charge >= 0.3 is 0 Å². The Hall–Kier alpha value is -3.41. The van der Waals surface area contributed by atoms with Crippen LogP contribution in [0.15, 0.2) is 54.7 Å². The highest BCUT2D eigenvalue weighted by atomic mass is 16.7. The second-order valence-electron chi connectivity index (χ2n) is 7.65. The van der Waals surface area contributed by atoms with Crippen molar-refractivity contribution in [2.75, 3.05) is 32.0 Å². The highest BCUT2D eigenvalue weighted by Crippen LogP contribution is 2.54. The molecule has 1 atom stereocenters. The summed E-state index contributed by atoms with van der Waals surface area (Å²) in [6.07, 6.45) is 1.88. The van der Waals surface area contributed by atoms with Crippen LogP contribution in [0.25, 0.3) is 0 Å². The highest BCUT2D eigenvalue weighted by Gasteiger charge is 2.50. The van der Waals surface area contributed by atoms with Crippen LogP contribution in [0.3, 0.4) is 0 Å². The predicted octanol–water partition coefficient (Wildman–Crippen LogP) is 3.52. The molecule has 0 saturated heterocycles. The average molecular weight is 388 g/mol. The van der Waals surface area contributed by atoms with Gasteiger partial charge in [-0.3, -0.25) is 0 Å². The lowest BCUT2D eigenvalue weighted by molar-refractivity contribution is 0.173. The lowest BCUT2D eigenvalue weighted by atomic mass is 9.77. The first kappa shape index (κ1) is 16.5. The quantitative estimate of drug-likeness (QED) is 0.684. The third-order valence-electron chi connectivity index (χ3n) is 6.07. The molecule has 2 aromatic carbocycles. The lowest BCUT2D eigenvalue weighted by Gasteiger charge is -2.25. The maximum Gasteiger partial charge on any atom is 0.231 e. The van der Waals surface area contributed by atoms with Gasteiger partial charge in [0.15, 0.2) is 11.5 Å². The number of ether oxygens (including phenoxy) is 4. The summed E-state index contributed by atoms with van der Waals surface area (Å²) in [6, 6.07) is 16.6. The fourth-order valence-electron chi connectivity index (χ4n) is 4.69. The molecule has 3 aliphatic rings. The van der Waals surface area contributed by atoms with Crippen LogP contribution in [0.5, 0.6) is 23.1 Å². The number of benzene rings is 2. The molecule has 6 heteroatoms. The minimum absolute atomic E-state index is 0.215. The molecule has 1 unspecified atom stereocenters. The van der Waals surface area contributed by atoms with Gasteiger partial charge in [0.2, 0.25) is 12.7 Å². The van der Waals surface area contributed by atoms with Gasteiger partial charge in [0.1, 0.15) is 12.4 Å². The van der Waals surface area contributed by atoms with Crippen LogP contribution in [0.4, 0.5) is 5.69 Å². The van der Waals surface area contributed by atoms with Gasteiger partial charge in [-0.1, -0.05) is 24.3 Å². The molecule has 3 aromatic rings. The Bertz CT molecular complexity index is 1100. The van der Waals surface area contributed by atoms with E-state index in [1.54, 1.807) is 7.11 Å². The minimum Gasteiger partial charge on any atom is -0.492 e. The number of hydrogen-bond donors (Lipinski definition) is 0. The normalized spacial score (nSPS) is 20.5. The van der Waals surface area contributed by atoms with E-state index in [1.807, 2.05) is 18.3 Å². The molecule has 1 aromatic heterocycles. The molecule has 6 rings (SSSR count). The van der Waals surface area contributed by atoms with Gasteiger partial charge in [0, 0.05) is 42.7 Å². The molecular weight excluding hydrogens is 368 g/mol. The lowest BCUT2D eigenvalue weighted by Crippen LogP contribution is -2.35. The third kappa shape index (κ3) is 2.38. The maximum atomic E-state index is 6.16. The number of pyridine rings is 1. The van der Waals surface area contributed by atoms with Gasteiger partial charge in [-0.25, -0.2) is 4.98 Å². The molecule has 6 nitrogen and oxygen atoms in total. The van der Waals surface area contributed by atoms with Gasteiger partial charge in [0.25, 0.3) is 0 Å². The molecule has 1 spiro atoms. The van der Waals surface area contributed by atoms with Gasteiger partial charge in [-0.2, -0.15) is 0 Å². The van der Waals surface area contributed by atoms with E-state index < -0.39 is 0 Å². The number of nitrogens with zero attached hydrogens (tertiary/aromatic N) is 2. The summed E-state index contributed by atoms with van der Waals surface area (Å²) in [4.78, 5) is 6.76. The SMILES string of the molecule is COc1ccc(CN2CC3(COc4cc5c(cc43)OCO5)c3ccccc32)cn1. The summed E-state index contributed by atoms with van der Waals surface area (Å²) in [6.45, 7) is 2.48. The number of methoxy groups -OCH3 is 1. The predicted molar refractivity (Wildman–Crippen MR) is 107 cm³/mol. The second kappa shape index (κ2) is 6.04. The van der Waals surface area contributed by atoms with Crippen molar-refractivity contribution in [3.8, 4) is 23.1 Å². The summed E-state index contributed by atoms with van der Waals surface area (Å²) < 4.78 is 22.5. The topological polar surface area (TPSA) is 53.1 Å². The monoisotopic (exact) mass is 388 g/mol. The van der Waals surface area contributed by atoms with E-state index in [4.69, 9.17) is 18.9 Å². The number of hydrogen-bond acceptors (Lipinski definition) is 6. The summed E-state index contributed by atoms with van der Waals surface area (Å²) in [7, 11) is 1.63. The van der Waals surface area contributed by atoms with Crippen LogP contribution >= 0.6 is 0 Å². The van der Waals surface area contributed by atoms with Crippen LogP contribution in [0, 0.1) is 0 Å². The Morgan fingerprint density at radius 1 is 1.00 bits per heavy atom. The van der Waals surface area contributed by atoms with Crippen molar-refractivity contribution in [1.29, 1.82) is 0 Å². The van der Waals surface area contributed by atoms with Crippen molar-refractivity contribution in [1.82, 2.24) is 4.98 Å². The molecule has 0 N–H and O–H groups in total. The minimum atomic E-state index is -0.215. The zero-order valence-electron chi connectivity index (χ0n) is 16.1. The van der Waals surface area contributed by atoms with Crippen LogP contribution in [0.2, 0.25) is 0 Å². The number of fused-ring (bicyclic) bond motifs is 5. The molecule has 0 amide bonds. The first-order valence-electron chi connectivity index (χ1n) is 9.67. The molecule has 0 aliphatic carbocycles. The van der Waals surface area contributed by atoms with E-state index >= 15 is 0 Å². The molecule has 3 aliphatic heterocycles. The van der Waals surface area contributed by atoms with Gasteiger partial charge < -0.3 is 23.8 Å². The molecular formula is C23H20N2O4. The molecule has 0 fully saturated rings. The van der Waals surface area contributed by atoms with Gasteiger partial charge in [-0.15, -0.1) is 0 Å². The fraction of sp³-hybridized carbons (Fsp3) is 0.261. The summed E-state index contributed by atoms with van der Waals surface area (Å²) in [5.41, 5.74) is 4.62. The van der Waals surface area contributed by atoms with E-state index in [0.29, 0.717) is 12.5 Å². The fourth-order valence-corrected chi connectivity index (χ4v) is 4.69. The van der Waals surface area contributed by atoms with Gasteiger partial charge in [-0.05, 0) is 23.3 Å². The standard InChI is InChI=1S/C23H20N2O4/c1-26-22-7-6-15(10-24-22)11-25-12-23(16-4-2-3-5-18(16)25)13-27-19-9-21-20(8-17(19)23)28-14-29-21/h2-10H,11-14H2,1H3. The number of para-hydroxylation sites is 1. The van der Waals surface area contributed by atoms with Crippen LogP contribution < -0.4 is 23.8 Å². The number of rotatable bonds is 3. The molecule has 0 radical (unpaired) electrons. The molecule has 146 valence electrons. The third-order valence-corrected chi connectivity index (χ3v) is 6.07. The number of anilines is 1.